The number of pyridine rings is 1. The Hall–Kier alpha value is -3.11. The van der Waals surface area contributed by atoms with Crippen LogP contribution in [0.25, 0.3) is 0 Å². The molecule has 3 rings (SSSR count). The smallest absolute Gasteiger partial charge is 0.369 e. The number of sulfonamides is 1. The number of nitrogens with zero attached hydrogens (tertiary/aromatic N) is 2. The third-order valence-corrected chi connectivity index (χ3v) is 6.88. The van der Waals surface area contributed by atoms with Crippen LogP contribution in [0.1, 0.15) is 33.9 Å². The van der Waals surface area contributed by atoms with Crippen LogP contribution in [0, 0.1) is 6.92 Å². The van der Waals surface area contributed by atoms with Crippen molar-refractivity contribution in [2.75, 3.05) is 10.6 Å². The van der Waals surface area contributed by atoms with E-state index in [1.54, 1.807) is 12.1 Å². The lowest BCUT2D eigenvalue weighted by Crippen LogP contribution is -2.29. The molecule has 0 bridgehead atoms. The maximum Gasteiger partial charge on any atom is 0.433 e. The van der Waals surface area contributed by atoms with Crippen LogP contribution in [0.3, 0.4) is 0 Å². The van der Waals surface area contributed by atoms with Gasteiger partial charge in [0.1, 0.15) is 5.69 Å². The van der Waals surface area contributed by atoms with Gasteiger partial charge in [-0.05, 0) is 47.4 Å². The predicted molar refractivity (Wildman–Crippen MR) is 124 cm³/mol. The van der Waals surface area contributed by atoms with E-state index in [9.17, 15) is 26.4 Å². The van der Waals surface area contributed by atoms with Gasteiger partial charge in [0.2, 0.25) is 15.9 Å². The van der Waals surface area contributed by atoms with Crippen LogP contribution < -0.4 is 10.0 Å². The summed E-state index contributed by atoms with van der Waals surface area (Å²) in [6, 6.07) is 13.2. The number of nitrogens with two attached hydrogens (primary N) is 1. The molecular weight excluding hydrogens is 491 g/mol. The molecule has 6 nitrogen and oxygen atoms in total. The van der Waals surface area contributed by atoms with Gasteiger partial charge in [0.25, 0.3) is 0 Å². The molecule has 0 aliphatic rings. The minimum atomic E-state index is -4.61. The summed E-state index contributed by atoms with van der Waals surface area (Å²) >= 11 is 6.33. The summed E-state index contributed by atoms with van der Waals surface area (Å²) in [5.41, 5.74) is 6.71. The monoisotopic (exact) mass is 511 g/mol. The Labute approximate surface area is 200 Å². The van der Waals surface area contributed by atoms with Gasteiger partial charge in [0, 0.05) is 11.2 Å². The number of carbonyl (C=O) groups is 1. The fourth-order valence-electron chi connectivity index (χ4n) is 3.48. The number of alkyl halides is 3. The second-order valence-electron chi connectivity index (χ2n) is 7.72. The molecule has 1 amide bonds. The molecule has 34 heavy (non-hydrogen) atoms. The third-order valence-electron chi connectivity index (χ3n) is 5.20. The summed E-state index contributed by atoms with van der Waals surface area (Å²) in [5, 5.41) is 0.455. The number of aromatic nitrogens is 1. The zero-order valence-electron chi connectivity index (χ0n) is 18.2. The first kappa shape index (κ1) is 25.5. The number of amides is 1. The van der Waals surface area contributed by atoms with Gasteiger partial charge in [-0.3, -0.25) is 14.1 Å². The van der Waals surface area contributed by atoms with Crippen LogP contribution in [0.4, 0.5) is 18.9 Å². The van der Waals surface area contributed by atoms with Crippen molar-refractivity contribution in [3.8, 4) is 0 Å². The van der Waals surface area contributed by atoms with E-state index in [-0.39, 0.29) is 12.1 Å². The molecule has 180 valence electrons. The number of carbonyl (C=O) groups excluding carboxylic acids is 1. The van der Waals surface area contributed by atoms with Gasteiger partial charge in [-0.25, -0.2) is 8.42 Å². The largest absolute Gasteiger partial charge is 0.433 e. The van der Waals surface area contributed by atoms with Crippen LogP contribution in [-0.4, -0.2) is 25.6 Å². The molecule has 11 heteroatoms. The molecule has 1 unspecified atom stereocenters. The highest BCUT2D eigenvalue weighted by molar-refractivity contribution is 7.92. The lowest BCUT2D eigenvalue weighted by atomic mass is 9.91. The van der Waals surface area contributed by atoms with Crippen molar-refractivity contribution in [1.29, 1.82) is 0 Å². The van der Waals surface area contributed by atoms with Crippen molar-refractivity contribution >= 4 is 33.2 Å². The first-order valence-electron chi connectivity index (χ1n) is 9.93. The van der Waals surface area contributed by atoms with E-state index in [4.69, 9.17) is 17.3 Å². The number of hydrogen-bond donors (Lipinski definition) is 1. The molecule has 0 radical (unpaired) electrons. The molecule has 2 aromatic carbocycles. The van der Waals surface area contributed by atoms with Crippen LogP contribution in [-0.2, 0) is 27.5 Å². The van der Waals surface area contributed by atoms with Gasteiger partial charge in [-0.2, -0.15) is 13.2 Å². The molecule has 0 aliphatic carbocycles. The SMILES string of the molecule is Cc1cccc(CN(c2ccc(C(C(N)=O)c3ccc(C(F)(F)F)nc3)cc2)S(C)(=O)=O)c1Cl. The first-order chi connectivity index (χ1) is 15.8. The van der Waals surface area contributed by atoms with Crippen molar-refractivity contribution < 1.29 is 26.4 Å². The minimum Gasteiger partial charge on any atom is -0.369 e. The van der Waals surface area contributed by atoms with E-state index in [1.165, 1.54) is 24.3 Å². The Morgan fingerprint density at radius 2 is 1.71 bits per heavy atom. The number of hydrogen-bond acceptors (Lipinski definition) is 4. The lowest BCUT2D eigenvalue weighted by molar-refractivity contribution is -0.141. The minimum absolute atomic E-state index is 0.0131. The number of rotatable bonds is 7. The van der Waals surface area contributed by atoms with E-state index in [0.29, 0.717) is 21.8 Å². The molecule has 1 aromatic heterocycles. The maximum absolute atomic E-state index is 12.8. The number of halogens is 4. The zero-order valence-corrected chi connectivity index (χ0v) is 19.7. The first-order valence-corrected chi connectivity index (χ1v) is 12.2. The summed E-state index contributed by atoms with van der Waals surface area (Å²) < 4.78 is 64.6. The van der Waals surface area contributed by atoms with E-state index < -0.39 is 33.7 Å². The average Bonchev–Trinajstić information content (AvgIpc) is 2.74. The molecule has 1 heterocycles. The Bertz CT molecular complexity index is 1300. The number of aryl methyl sites for hydroxylation is 1. The third kappa shape index (κ3) is 5.68. The zero-order chi connectivity index (χ0) is 25.3. The number of benzene rings is 2. The standard InChI is InChI=1S/C23H21ClF3N3O3S/c1-14-4-3-5-17(21(14)24)13-30(34(2,32)33)18-9-6-15(7-10-18)20(22(28)31)16-8-11-19(29-12-16)23(25,26)27/h3-12,20H,13H2,1-2H3,(H2,28,31). The van der Waals surface area contributed by atoms with Crippen LogP contribution in [0.15, 0.2) is 60.8 Å². The molecule has 0 spiro atoms. The van der Waals surface area contributed by atoms with E-state index in [1.807, 2.05) is 13.0 Å². The Kier molecular flexibility index (Phi) is 7.23. The number of primary amides is 1. The molecule has 0 aliphatic heterocycles. The van der Waals surface area contributed by atoms with Gasteiger partial charge < -0.3 is 5.73 Å². The molecule has 0 saturated heterocycles. The topological polar surface area (TPSA) is 93.4 Å². The van der Waals surface area contributed by atoms with Crippen LogP contribution in [0.5, 0.6) is 0 Å². The normalized spacial score (nSPS) is 12.9. The summed E-state index contributed by atoms with van der Waals surface area (Å²) in [4.78, 5) is 15.5. The average molecular weight is 512 g/mol. The quantitative estimate of drug-likeness (QED) is 0.500. The highest BCUT2D eigenvalue weighted by Gasteiger charge is 2.33. The fraction of sp³-hybridized carbons (Fsp3) is 0.217. The second-order valence-corrected chi connectivity index (χ2v) is 10.0. The molecule has 0 fully saturated rings. The van der Waals surface area contributed by atoms with E-state index >= 15 is 0 Å². The van der Waals surface area contributed by atoms with E-state index in [0.717, 1.165) is 34.5 Å². The lowest BCUT2D eigenvalue weighted by Gasteiger charge is -2.24. The molecule has 1 atom stereocenters. The Morgan fingerprint density at radius 1 is 1.09 bits per heavy atom. The van der Waals surface area contributed by atoms with Gasteiger partial charge >= 0.3 is 6.18 Å². The fourth-order valence-corrected chi connectivity index (χ4v) is 4.55. The van der Waals surface area contributed by atoms with Crippen molar-refractivity contribution in [3.05, 3.63) is 93.8 Å². The Morgan fingerprint density at radius 3 is 2.21 bits per heavy atom. The number of anilines is 1. The van der Waals surface area contributed by atoms with Crippen molar-refractivity contribution in [2.45, 2.75) is 25.6 Å². The summed E-state index contributed by atoms with van der Waals surface area (Å²) in [6.07, 6.45) is -2.60. The van der Waals surface area contributed by atoms with Gasteiger partial charge in [0.05, 0.1) is 24.4 Å². The molecule has 3 aromatic rings. The summed E-state index contributed by atoms with van der Waals surface area (Å²) in [6.45, 7) is 1.80. The van der Waals surface area contributed by atoms with Crippen LogP contribution in [0.2, 0.25) is 5.02 Å². The Balaban J connectivity index is 1.95. The van der Waals surface area contributed by atoms with Crippen molar-refractivity contribution in [2.24, 2.45) is 5.73 Å². The summed E-state index contributed by atoms with van der Waals surface area (Å²) in [5.74, 6) is -1.86. The second kappa shape index (κ2) is 9.63. The van der Waals surface area contributed by atoms with Crippen molar-refractivity contribution in [3.63, 3.8) is 0 Å². The molecule has 2 N–H and O–H groups in total. The van der Waals surface area contributed by atoms with Gasteiger partial charge in [-0.1, -0.05) is 48.0 Å². The van der Waals surface area contributed by atoms with Gasteiger partial charge in [0.15, 0.2) is 0 Å². The molecule has 0 saturated carbocycles. The molecular formula is C23H21ClF3N3O3S. The highest BCUT2D eigenvalue weighted by Crippen LogP contribution is 2.32. The van der Waals surface area contributed by atoms with Crippen LogP contribution >= 0.6 is 11.6 Å². The highest BCUT2D eigenvalue weighted by atomic mass is 35.5. The van der Waals surface area contributed by atoms with E-state index in [2.05, 4.69) is 4.98 Å². The summed E-state index contributed by atoms with van der Waals surface area (Å²) in [7, 11) is -3.70. The predicted octanol–water partition coefficient (Wildman–Crippen LogP) is 4.65. The van der Waals surface area contributed by atoms with Gasteiger partial charge in [-0.15, -0.1) is 0 Å². The van der Waals surface area contributed by atoms with Crippen molar-refractivity contribution in [1.82, 2.24) is 4.98 Å². The maximum atomic E-state index is 12.8.